The minimum atomic E-state index is -1.91. The summed E-state index contributed by atoms with van der Waals surface area (Å²) in [5.41, 5.74) is 3.77. The number of nitrogens with one attached hydrogen (secondary N) is 2. The lowest BCUT2D eigenvalue weighted by atomic mass is 10.00. The zero-order valence-corrected chi connectivity index (χ0v) is 16.8. The minimum absolute atomic E-state index is 0.196. The molecular weight excluding hydrogens is 396 g/mol. The van der Waals surface area contributed by atoms with E-state index in [0.717, 1.165) is 0 Å². The highest BCUT2D eigenvalue weighted by Crippen LogP contribution is 2.36. The average Bonchev–Trinajstić information content (AvgIpc) is 2.68. The van der Waals surface area contributed by atoms with Gasteiger partial charge in [0.05, 0.1) is 5.69 Å². The molecule has 11 heteroatoms. The van der Waals surface area contributed by atoms with Crippen molar-refractivity contribution in [3.63, 3.8) is 0 Å². The fourth-order valence-corrected chi connectivity index (χ4v) is 2.91. The third kappa shape index (κ3) is 4.67. The zero-order valence-electron chi connectivity index (χ0n) is 16.8. The molecule has 2 rings (SSSR count). The van der Waals surface area contributed by atoms with E-state index in [1.165, 1.54) is 25.8 Å². The smallest absolute Gasteiger partial charge is 0.303 e. The summed E-state index contributed by atoms with van der Waals surface area (Å²) in [6, 6.07) is 4.33. The molecule has 0 saturated carbocycles. The normalized spacial score (nSPS) is 19.7. The first-order chi connectivity index (χ1) is 14.0. The van der Waals surface area contributed by atoms with Crippen LogP contribution >= 0.6 is 0 Å². The standard InChI is InChI=1S/C19H24N4O7/c1-10(16(27)22-11(15(20)26)8-9-14(24)25)21-17(28)19(2)18(29)23(3)12-6-4-5-7-13(12)30-19/h4-7,10-11H,8-9H2,1-3H3,(H2,20,26)(H,21,28)(H,22,27)(H,24,25)/t10-,11+,19?/m0/s1. The van der Waals surface area contributed by atoms with Crippen LogP contribution in [0.4, 0.5) is 5.69 Å². The van der Waals surface area contributed by atoms with Crippen LogP contribution in [0.2, 0.25) is 0 Å². The molecule has 1 aliphatic heterocycles. The van der Waals surface area contributed by atoms with Crippen molar-refractivity contribution in [3.8, 4) is 5.75 Å². The number of anilines is 1. The van der Waals surface area contributed by atoms with E-state index in [1.807, 2.05) is 0 Å². The van der Waals surface area contributed by atoms with Crippen molar-refractivity contribution >= 4 is 35.3 Å². The molecule has 3 atom stereocenters. The van der Waals surface area contributed by atoms with E-state index in [1.54, 1.807) is 24.3 Å². The molecule has 11 nitrogen and oxygen atoms in total. The van der Waals surface area contributed by atoms with Crippen LogP contribution in [0.5, 0.6) is 5.75 Å². The van der Waals surface area contributed by atoms with Crippen LogP contribution in [0.1, 0.15) is 26.7 Å². The molecule has 30 heavy (non-hydrogen) atoms. The van der Waals surface area contributed by atoms with Crippen LogP contribution in [-0.4, -0.2) is 59.4 Å². The van der Waals surface area contributed by atoms with Crippen molar-refractivity contribution in [2.24, 2.45) is 5.73 Å². The number of hydrogen-bond acceptors (Lipinski definition) is 6. The maximum atomic E-state index is 12.8. The minimum Gasteiger partial charge on any atom is -0.481 e. The molecule has 5 N–H and O–H groups in total. The van der Waals surface area contributed by atoms with E-state index in [2.05, 4.69) is 10.6 Å². The van der Waals surface area contributed by atoms with Crippen LogP contribution in [-0.2, 0) is 24.0 Å². The molecule has 0 bridgehead atoms. The molecular formula is C19H24N4O7. The molecule has 0 fully saturated rings. The maximum Gasteiger partial charge on any atom is 0.303 e. The number of likely N-dealkylation sites (N-methyl/N-ethyl adjacent to an activating group) is 1. The number of primary amides is 1. The molecule has 0 spiro atoms. The van der Waals surface area contributed by atoms with E-state index in [-0.39, 0.29) is 12.8 Å². The van der Waals surface area contributed by atoms with Gasteiger partial charge in [0, 0.05) is 13.5 Å². The van der Waals surface area contributed by atoms with Crippen LogP contribution in [0.25, 0.3) is 0 Å². The van der Waals surface area contributed by atoms with Crippen molar-refractivity contribution in [1.29, 1.82) is 0 Å². The zero-order chi connectivity index (χ0) is 22.6. The van der Waals surface area contributed by atoms with Crippen molar-refractivity contribution < 1.29 is 33.8 Å². The molecule has 0 saturated heterocycles. The van der Waals surface area contributed by atoms with E-state index < -0.39 is 47.3 Å². The van der Waals surface area contributed by atoms with Crippen LogP contribution < -0.4 is 26.0 Å². The predicted molar refractivity (Wildman–Crippen MR) is 104 cm³/mol. The lowest BCUT2D eigenvalue weighted by molar-refractivity contribution is -0.149. The van der Waals surface area contributed by atoms with E-state index in [0.29, 0.717) is 11.4 Å². The van der Waals surface area contributed by atoms with Crippen LogP contribution in [0.15, 0.2) is 24.3 Å². The summed E-state index contributed by atoms with van der Waals surface area (Å²) in [5.74, 6) is -3.96. The first-order valence-corrected chi connectivity index (χ1v) is 9.16. The van der Waals surface area contributed by atoms with Gasteiger partial charge in [-0.1, -0.05) is 12.1 Å². The van der Waals surface area contributed by atoms with Crippen molar-refractivity contribution in [3.05, 3.63) is 24.3 Å². The number of nitrogens with zero attached hydrogens (tertiary/aromatic N) is 1. The number of carboxylic acids is 1. The maximum absolute atomic E-state index is 12.8. The Bertz CT molecular complexity index is 887. The largest absolute Gasteiger partial charge is 0.481 e. The van der Waals surface area contributed by atoms with Gasteiger partial charge in [0.2, 0.25) is 11.8 Å². The first-order valence-electron chi connectivity index (χ1n) is 9.16. The summed E-state index contributed by atoms with van der Waals surface area (Å²) in [7, 11) is 1.51. The third-order valence-corrected chi connectivity index (χ3v) is 4.73. The molecule has 1 heterocycles. The van der Waals surface area contributed by atoms with Gasteiger partial charge in [-0.05, 0) is 32.4 Å². The van der Waals surface area contributed by atoms with E-state index in [4.69, 9.17) is 15.6 Å². The summed E-state index contributed by atoms with van der Waals surface area (Å²) < 4.78 is 5.65. The van der Waals surface area contributed by atoms with E-state index in [9.17, 15) is 24.0 Å². The molecule has 162 valence electrons. The Labute approximate surface area is 172 Å². The van der Waals surface area contributed by atoms with Gasteiger partial charge in [0.15, 0.2) is 0 Å². The van der Waals surface area contributed by atoms with Crippen LogP contribution in [0, 0.1) is 0 Å². The van der Waals surface area contributed by atoms with Crippen molar-refractivity contribution in [2.45, 2.75) is 44.4 Å². The van der Waals surface area contributed by atoms with Gasteiger partial charge in [-0.2, -0.15) is 0 Å². The average molecular weight is 420 g/mol. The number of hydrogen-bond donors (Lipinski definition) is 4. The number of carboxylic acid groups (broad SMARTS) is 1. The number of benzene rings is 1. The molecule has 1 aliphatic rings. The van der Waals surface area contributed by atoms with Crippen molar-refractivity contribution in [2.75, 3.05) is 11.9 Å². The molecule has 1 aromatic rings. The predicted octanol–water partition coefficient (Wildman–Crippen LogP) is -0.860. The number of amides is 4. The summed E-state index contributed by atoms with van der Waals surface area (Å²) in [6.45, 7) is 2.64. The summed E-state index contributed by atoms with van der Waals surface area (Å²) in [4.78, 5) is 61.3. The molecule has 1 aromatic carbocycles. The molecule has 4 amide bonds. The summed E-state index contributed by atoms with van der Waals surface area (Å²) in [6.07, 6.45) is -0.571. The Morgan fingerprint density at radius 2 is 1.87 bits per heavy atom. The van der Waals surface area contributed by atoms with Gasteiger partial charge < -0.3 is 31.1 Å². The lowest BCUT2D eigenvalue weighted by Gasteiger charge is -2.38. The number of rotatable bonds is 8. The SMILES string of the molecule is C[C@H](NC(=O)C1(C)Oc2ccccc2N(C)C1=O)C(=O)N[C@H](CCC(=O)O)C(N)=O. The summed E-state index contributed by atoms with van der Waals surface area (Å²) in [5, 5.41) is 13.4. The molecule has 1 unspecified atom stereocenters. The number of nitrogens with two attached hydrogens (primary N) is 1. The van der Waals surface area contributed by atoms with Gasteiger partial charge in [-0.15, -0.1) is 0 Å². The second kappa shape index (κ2) is 8.80. The van der Waals surface area contributed by atoms with Gasteiger partial charge in [0.1, 0.15) is 17.8 Å². The fraction of sp³-hybridized carbons (Fsp3) is 0.421. The van der Waals surface area contributed by atoms with Gasteiger partial charge in [0.25, 0.3) is 17.4 Å². The van der Waals surface area contributed by atoms with Crippen LogP contribution in [0.3, 0.4) is 0 Å². The Morgan fingerprint density at radius 1 is 1.23 bits per heavy atom. The highest BCUT2D eigenvalue weighted by atomic mass is 16.5. The van der Waals surface area contributed by atoms with Gasteiger partial charge in [-0.25, -0.2) is 0 Å². The molecule has 0 aromatic heterocycles. The quantitative estimate of drug-likeness (QED) is 0.397. The highest BCUT2D eigenvalue weighted by molar-refractivity contribution is 6.16. The number of para-hydroxylation sites is 2. The Morgan fingerprint density at radius 3 is 2.47 bits per heavy atom. The second-order valence-corrected chi connectivity index (χ2v) is 7.06. The van der Waals surface area contributed by atoms with E-state index >= 15 is 0 Å². The number of aliphatic carboxylic acids is 1. The summed E-state index contributed by atoms with van der Waals surface area (Å²) >= 11 is 0. The Hall–Kier alpha value is -3.63. The second-order valence-electron chi connectivity index (χ2n) is 7.06. The monoisotopic (exact) mass is 420 g/mol. The van der Waals surface area contributed by atoms with Gasteiger partial charge in [-0.3, -0.25) is 24.0 Å². The number of carbonyl (C=O) groups is 5. The lowest BCUT2D eigenvalue weighted by Crippen LogP contribution is -2.64. The van der Waals surface area contributed by atoms with Crippen molar-refractivity contribution in [1.82, 2.24) is 10.6 Å². The first kappa shape index (κ1) is 22.7. The number of ether oxygens (including phenoxy) is 1. The molecule has 0 aliphatic carbocycles. The third-order valence-electron chi connectivity index (χ3n) is 4.73. The number of carbonyl (C=O) groups excluding carboxylic acids is 4. The molecule has 0 radical (unpaired) electrons. The Kier molecular flexibility index (Phi) is 6.65. The Balaban J connectivity index is 2.09. The highest BCUT2D eigenvalue weighted by Gasteiger charge is 2.50. The topological polar surface area (TPSA) is 168 Å². The number of fused-ring (bicyclic) bond motifs is 1. The van der Waals surface area contributed by atoms with Gasteiger partial charge >= 0.3 is 5.97 Å². The fourth-order valence-electron chi connectivity index (χ4n) is 2.91.